The summed E-state index contributed by atoms with van der Waals surface area (Å²) in [6, 6.07) is 11.2. The van der Waals surface area contributed by atoms with Gasteiger partial charge in [-0.05, 0) is 48.9 Å². The monoisotopic (exact) mass is 398 g/mol. The van der Waals surface area contributed by atoms with E-state index < -0.39 is 21.7 Å². The predicted octanol–water partition coefficient (Wildman–Crippen LogP) is 3.37. The van der Waals surface area contributed by atoms with Gasteiger partial charge in [-0.2, -0.15) is 4.31 Å². The Morgan fingerprint density at radius 2 is 1.73 bits per heavy atom. The first kappa shape index (κ1) is 20.4. The van der Waals surface area contributed by atoms with E-state index in [1.54, 1.807) is 38.1 Å². The number of nitrogens with one attached hydrogen (secondary N) is 1. The summed E-state index contributed by atoms with van der Waals surface area (Å²) in [5.74, 6) is -0.957. The Kier molecular flexibility index (Phi) is 6.75. The molecular weight excluding hydrogens is 379 g/mol. The first-order valence-corrected chi connectivity index (χ1v) is 9.86. The van der Waals surface area contributed by atoms with Gasteiger partial charge in [-0.1, -0.05) is 30.7 Å². The second-order valence-corrected chi connectivity index (χ2v) is 8.10. The molecule has 2 aromatic rings. The molecule has 0 radical (unpaired) electrons. The van der Waals surface area contributed by atoms with Crippen LogP contribution in [0.4, 0.5) is 4.39 Å². The average molecular weight is 399 g/mol. The van der Waals surface area contributed by atoms with Crippen molar-refractivity contribution in [3.05, 3.63) is 64.9 Å². The molecule has 140 valence electrons. The fourth-order valence-electron chi connectivity index (χ4n) is 2.40. The van der Waals surface area contributed by atoms with E-state index in [0.717, 1.165) is 22.0 Å². The first-order chi connectivity index (χ1) is 12.2. The average Bonchev–Trinajstić information content (AvgIpc) is 2.60. The molecular formula is C18H20ClFN2O3S. The minimum atomic E-state index is -3.88. The molecule has 0 aromatic heterocycles. The van der Waals surface area contributed by atoms with Gasteiger partial charge in [-0.3, -0.25) is 4.79 Å². The van der Waals surface area contributed by atoms with Gasteiger partial charge in [0.15, 0.2) is 0 Å². The lowest BCUT2D eigenvalue weighted by Crippen LogP contribution is -2.41. The van der Waals surface area contributed by atoms with Gasteiger partial charge < -0.3 is 5.32 Å². The lowest BCUT2D eigenvalue weighted by atomic mass is 10.1. The molecule has 0 aliphatic rings. The zero-order chi connectivity index (χ0) is 19.3. The highest BCUT2D eigenvalue weighted by molar-refractivity contribution is 7.89. The molecule has 0 spiro atoms. The van der Waals surface area contributed by atoms with Crippen molar-refractivity contribution in [2.45, 2.75) is 24.8 Å². The Bertz CT molecular complexity index is 855. The number of amides is 1. The third kappa shape index (κ3) is 5.03. The van der Waals surface area contributed by atoms with Crippen LogP contribution >= 0.6 is 11.6 Å². The summed E-state index contributed by atoms with van der Waals surface area (Å²) >= 11 is 5.84. The van der Waals surface area contributed by atoms with E-state index in [1.165, 1.54) is 12.1 Å². The Labute approximate surface area is 157 Å². The lowest BCUT2D eigenvalue weighted by molar-refractivity contribution is -0.121. The van der Waals surface area contributed by atoms with Crippen molar-refractivity contribution in [3.63, 3.8) is 0 Å². The van der Waals surface area contributed by atoms with E-state index >= 15 is 0 Å². The second-order valence-electron chi connectivity index (χ2n) is 5.73. The van der Waals surface area contributed by atoms with Gasteiger partial charge in [0.1, 0.15) is 5.82 Å². The summed E-state index contributed by atoms with van der Waals surface area (Å²) in [5, 5.41) is 3.36. The third-order valence-electron chi connectivity index (χ3n) is 3.87. The number of nitrogens with zero attached hydrogens (tertiary/aromatic N) is 1. The number of likely N-dealkylation sites (N-methyl/N-ethyl adjacent to an activating group) is 1. The number of carbonyl (C=O) groups excluding carboxylic acids is 1. The van der Waals surface area contributed by atoms with Gasteiger partial charge in [-0.25, -0.2) is 12.8 Å². The number of benzene rings is 2. The van der Waals surface area contributed by atoms with Crippen LogP contribution in [0.1, 0.15) is 25.5 Å². The third-order valence-corrected chi connectivity index (χ3v) is 6.06. The Balaban J connectivity index is 2.07. The SMILES string of the molecule is CCN(CC(=O)NC(C)c1ccc(Cl)cc1)S(=O)(=O)c1ccc(F)cc1. The molecule has 5 nitrogen and oxygen atoms in total. The highest BCUT2D eigenvalue weighted by atomic mass is 35.5. The maximum Gasteiger partial charge on any atom is 0.243 e. The quantitative estimate of drug-likeness (QED) is 0.777. The molecule has 26 heavy (non-hydrogen) atoms. The zero-order valence-electron chi connectivity index (χ0n) is 14.4. The van der Waals surface area contributed by atoms with Gasteiger partial charge in [0.25, 0.3) is 0 Å². The number of carbonyl (C=O) groups is 1. The van der Waals surface area contributed by atoms with E-state index in [9.17, 15) is 17.6 Å². The van der Waals surface area contributed by atoms with Crippen LogP contribution < -0.4 is 5.32 Å². The Morgan fingerprint density at radius 3 is 2.27 bits per heavy atom. The largest absolute Gasteiger partial charge is 0.348 e. The van der Waals surface area contributed by atoms with Crippen molar-refractivity contribution in [3.8, 4) is 0 Å². The fourth-order valence-corrected chi connectivity index (χ4v) is 3.94. The fraction of sp³-hybridized carbons (Fsp3) is 0.278. The van der Waals surface area contributed by atoms with Crippen LogP contribution in [0.25, 0.3) is 0 Å². The number of rotatable bonds is 7. The van der Waals surface area contributed by atoms with Gasteiger partial charge >= 0.3 is 0 Å². The number of sulfonamides is 1. The molecule has 0 fully saturated rings. The van der Waals surface area contributed by atoms with Crippen molar-refractivity contribution in [2.75, 3.05) is 13.1 Å². The van der Waals surface area contributed by atoms with E-state index in [4.69, 9.17) is 11.6 Å². The summed E-state index contributed by atoms with van der Waals surface area (Å²) in [4.78, 5) is 12.2. The van der Waals surface area contributed by atoms with Gasteiger partial charge in [0.2, 0.25) is 15.9 Å². The zero-order valence-corrected chi connectivity index (χ0v) is 16.0. The standard InChI is InChI=1S/C18H20ClFN2O3S/c1-3-22(26(24,25)17-10-8-16(20)9-11-17)12-18(23)21-13(2)14-4-6-15(19)7-5-14/h4-11,13H,3,12H2,1-2H3,(H,21,23). The number of hydrogen-bond acceptors (Lipinski definition) is 3. The summed E-state index contributed by atoms with van der Waals surface area (Å²) in [6.07, 6.45) is 0. The van der Waals surface area contributed by atoms with Crippen molar-refractivity contribution in [2.24, 2.45) is 0 Å². The van der Waals surface area contributed by atoms with Crippen LogP contribution in [0.3, 0.4) is 0 Å². The van der Waals surface area contributed by atoms with Crippen LogP contribution in [-0.2, 0) is 14.8 Å². The molecule has 0 aliphatic heterocycles. The van der Waals surface area contributed by atoms with E-state index in [2.05, 4.69) is 5.32 Å². The van der Waals surface area contributed by atoms with Gasteiger partial charge in [0, 0.05) is 11.6 Å². The second kappa shape index (κ2) is 8.62. The highest BCUT2D eigenvalue weighted by Gasteiger charge is 2.25. The lowest BCUT2D eigenvalue weighted by Gasteiger charge is -2.22. The molecule has 8 heteroatoms. The van der Waals surface area contributed by atoms with E-state index in [1.807, 2.05) is 0 Å². The molecule has 2 aromatic carbocycles. The molecule has 0 aliphatic carbocycles. The van der Waals surface area contributed by atoms with Crippen LogP contribution in [0.2, 0.25) is 5.02 Å². The number of hydrogen-bond donors (Lipinski definition) is 1. The van der Waals surface area contributed by atoms with E-state index in [0.29, 0.717) is 5.02 Å². The normalized spacial score (nSPS) is 12.8. The van der Waals surface area contributed by atoms with Crippen LogP contribution in [-0.4, -0.2) is 31.7 Å². The Hall–Kier alpha value is -1.96. The predicted molar refractivity (Wildman–Crippen MR) is 98.8 cm³/mol. The van der Waals surface area contributed by atoms with Crippen molar-refractivity contribution in [1.29, 1.82) is 0 Å². The first-order valence-electron chi connectivity index (χ1n) is 8.04. The number of halogens is 2. The van der Waals surface area contributed by atoms with Gasteiger partial charge in [-0.15, -0.1) is 0 Å². The Morgan fingerprint density at radius 1 is 1.15 bits per heavy atom. The minimum Gasteiger partial charge on any atom is -0.348 e. The maximum atomic E-state index is 13.0. The van der Waals surface area contributed by atoms with Crippen LogP contribution in [0.15, 0.2) is 53.4 Å². The molecule has 1 N–H and O–H groups in total. The molecule has 1 atom stereocenters. The van der Waals surface area contributed by atoms with Gasteiger partial charge in [0.05, 0.1) is 17.5 Å². The maximum absolute atomic E-state index is 13.0. The van der Waals surface area contributed by atoms with E-state index in [-0.39, 0.29) is 24.0 Å². The summed E-state index contributed by atoms with van der Waals surface area (Å²) in [6.45, 7) is 3.22. The molecule has 1 amide bonds. The van der Waals surface area contributed by atoms with Crippen molar-refractivity contribution >= 4 is 27.5 Å². The summed E-state index contributed by atoms with van der Waals surface area (Å²) in [7, 11) is -3.88. The molecule has 2 rings (SSSR count). The highest BCUT2D eigenvalue weighted by Crippen LogP contribution is 2.18. The molecule has 0 bridgehead atoms. The molecule has 1 unspecified atom stereocenters. The molecule has 0 heterocycles. The minimum absolute atomic E-state index is 0.0562. The van der Waals surface area contributed by atoms with Crippen molar-refractivity contribution in [1.82, 2.24) is 9.62 Å². The molecule has 0 saturated carbocycles. The van der Waals surface area contributed by atoms with Crippen molar-refractivity contribution < 1.29 is 17.6 Å². The summed E-state index contributed by atoms with van der Waals surface area (Å²) in [5.41, 5.74) is 0.854. The smallest absolute Gasteiger partial charge is 0.243 e. The summed E-state index contributed by atoms with van der Waals surface area (Å²) < 4.78 is 39.3. The topological polar surface area (TPSA) is 66.5 Å². The van der Waals surface area contributed by atoms with Crippen LogP contribution in [0.5, 0.6) is 0 Å². The van der Waals surface area contributed by atoms with Crippen LogP contribution in [0, 0.1) is 5.82 Å². The molecule has 0 saturated heterocycles.